The van der Waals surface area contributed by atoms with Gasteiger partial charge in [-0.2, -0.15) is 0 Å². The topological polar surface area (TPSA) is 63.3 Å². The number of hydrogen-bond donors (Lipinski definition) is 2. The maximum atomic E-state index is 10.4. The van der Waals surface area contributed by atoms with Crippen LogP contribution in [0.3, 0.4) is 0 Å². The number of carbonyl (C=O) groups is 1. The van der Waals surface area contributed by atoms with Crippen LogP contribution in [0.2, 0.25) is 0 Å². The molecule has 0 fully saturated rings. The highest BCUT2D eigenvalue weighted by Crippen LogP contribution is 2.27. The summed E-state index contributed by atoms with van der Waals surface area (Å²) >= 11 is 4.54. The van der Waals surface area contributed by atoms with E-state index in [-0.39, 0.29) is 0 Å². The van der Waals surface area contributed by atoms with E-state index in [9.17, 15) is 4.79 Å². The van der Waals surface area contributed by atoms with Gasteiger partial charge in [0.1, 0.15) is 6.04 Å². The molecule has 1 atom stereocenters. The summed E-state index contributed by atoms with van der Waals surface area (Å²) in [4.78, 5) is 11.1. The summed E-state index contributed by atoms with van der Waals surface area (Å²) in [6.45, 7) is 0. The molecule has 0 radical (unpaired) electrons. The summed E-state index contributed by atoms with van der Waals surface area (Å²) in [6.07, 6.45) is 0. The van der Waals surface area contributed by atoms with E-state index in [1.54, 1.807) is 11.4 Å². The molecule has 11 heavy (non-hydrogen) atoms. The van der Waals surface area contributed by atoms with Crippen molar-refractivity contribution in [3.63, 3.8) is 0 Å². The van der Waals surface area contributed by atoms with E-state index in [1.807, 2.05) is 0 Å². The molecule has 0 aliphatic heterocycles. The average molecular weight is 236 g/mol. The second-order valence-corrected chi connectivity index (χ2v) is 3.75. The number of carboxylic acid groups (broad SMARTS) is 1. The van der Waals surface area contributed by atoms with Crippen LogP contribution in [0.1, 0.15) is 10.9 Å². The Kier molecular flexibility index (Phi) is 2.64. The SMILES string of the molecule is NC(C(=O)O)c1sccc1Br. The first kappa shape index (κ1) is 8.70. The van der Waals surface area contributed by atoms with E-state index < -0.39 is 12.0 Å². The van der Waals surface area contributed by atoms with Crippen LogP contribution in [0.5, 0.6) is 0 Å². The van der Waals surface area contributed by atoms with Crippen LogP contribution in [0.25, 0.3) is 0 Å². The number of carboxylic acids is 1. The summed E-state index contributed by atoms with van der Waals surface area (Å²) in [7, 11) is 0. The number of thiophene rings is 1. The predicted molar refractivity (Wildman–Crippen MR) is 46.6 cm³/mol. The van der Waals surface area contributed by atoms with Gasteiger partial charge in [0.25, 0.3) is 0 Å². The summed E-state index contributed by atoms with van der Waals surface area (Å²) in [5, 5.41) is 10.3. The van der Waals surface area contributed by atoms with Crippen LogP contribution < -0.4 is 5.73 Å². The molecular formula is C6H6BrNO2S. The molecule has 0 saturated carbocycles. The highest BCUT2D eigenvalue weighted by molar-refractivity contribution is 9.10. The molecule has 60 valence electrons. The Bertz CT molecular complexity index is 273. The number of aliphatic carboxylic acids is 1. The Hall–Kier alpha value is -0.390. The van der Waals surface area contributed by atoms with Crippen molar-refractivity contribution in [1.29, 1.82) is 0 Å². The van der Waals surface area contributed by atoms with Crippen LogP contribution in [0, 0.1) is 0 Å². The summed E-state index contributed by atoms with van der Waals surface area (Å²) in [5.74, 6) is -1.01. The summed E-state index contributed by atoms with van der Waals surface area (Å²) in [6, 6.07) is 0.868. The standard InChI is InChI=1S/C6H6BrNO2S/c7-3-1-2-11-5(3)4(8)6(9)10/h1-2,4H,8H2,(H,9,10). The largest absolute Gasteiger partial charge is 0.480 e. The molecular weight excluding hydrogens is 230 g/mol. The molecule has 0 saturated heterocycles. The van der Waals surface area contributed by atoms with E-state index in [2.05, 4.69) is 15.9 Å². The molecule has 3 nitrogen and oxygen atoms in total. The molecule has 1 heterocycles. The third kappa shape index (κ3) is 1.79. The highest BCUT2D eigenvalue weighted by Gasteiger charge is 2.17. The van der Waals surface area contributed by atoms with Gasteiger partial charge in [-0.05, 0) is 27.4 Å². The van der Waals surface area contributed by atoms with E-state index in [0.29, 0.717) is 4.88 Å². The monoisotopic (exact) mass is 235 g/mol. The lowest BCUT2D eigenvalue weighted by Gasteiger charge is -2.02. The molecule has 5 heteroatoms. The molecule has 0 aliphatic carbocycles. The van der Waals surface area contributed by atoms with Crippen molar-refractivity contribution in [3.05, 3.63) is 20.8 Å². The lowest BCUT2D eigenvalue weighted by molar-refractivity contribution is -0.138. The summed E-state index contributed by atoms with van der Waals surface area (Å²) in [5.41, 5.74) is 5.36. The molecule has 1 unspecified atom stereocenters. The van der Waals surface area contributed by atoms with Gasteiger partial charge in [-0.3, -0.25) is 4.79 Å². The fraction of sp³-hybridized carbons (Fsp3) is 0.167. The van der Waals surface area contributed by atoms with Gasteiger partial charge in [0.15, 0.2) is 0 Å². The van der Waals surface area contributed by atoms with Crippen LogP contribution in [-0.4, -0.2) is 11.1 Å². The van der Waals surface area contributed by atoms with Gasteiger partial charge in [-0.15, -0.1) is 11.3 Å². The zero-order chi connectivity index (χ0) is 8.43. The minimum atomic E-state index is -1.01. The third-order valence-corrected chi connectivity index (χ3v) is 3.15. The number of halogens is 1. The zero-order valence-corrected chi connectivity index (χ0v) is 7.85. The highest BCUT2D eigenvalue weighted by atomic mass is 79.9. The molecule has 0 aromatic carbocycles. The lowest BCUT2D eigenvalue weighted by Crippen LogP contribution is -2.19. The first-order chi connectivity index (χ1) is 5.13. The van der Waals surface area contributed by atoms with Gasteiger partial charge in [0, 0.05) is 9.35 Å². The van der Waals surface area contributed by atoms with Gasteiger partial charge in [0.05, 0.1) is 0 Å². The van der Waals surface area contributed by atoms with Crippen molar-refractivity contribution in [3.8, 4) is 0 Å². The Labute approximate surface area is 76.0 Å². The Morgan fingerprint density at radius 1 is 1.82 bits per heavy atom. The molecule has 1 rings (SSSR count). The quantitative estimate of drug-likeness (QED) is 0.819. The fourth-order valence-electron chi connectivity index (χ4n) is 0.639. The molecule has 0 amide bonds. The maximum Gasteiger partial charge on any atom is 0.326 e. The Morgan fingerprint density at radius 2 is 2.45 bits per heavy atom. The Morgan fingerprint density at radius 3 is 2.82 bits per heavy atom. The minimum Gasteiger partial charge on any atom is -0.480 e. The normalized spacial score (nSPS) is 12.9. The van der Waals surface area contributed by atoms with E-state index in [1.165, 1.54) is 11.3 Å². The molecule has 0 aliphatic rings. The molecule has 3 N–H and O–H groups in total. The second-order valence-electron chi connectivity index (χ2n) is 1.95. The van der Waals surface area contributed by atoms with E-state index in [4.69, 9.17) is 10.8 Å². The average Bonchev–Trinajstić information content (AvgIpc) is 2.33. The van der Waals surface area contributed by atoms with Crippen molar-refractivity contribution < 1.29 is 9.90 Å². The minimum absolute atomic E-state index is 0.650. The van der Waals surface area contributed by atoms with Crippen LogP contribution in [0.4, 0.5) is 0 Å². The van der Waals surface area contributed by atoms with Gasteiger partial charge in [-0.25, -0.2) is 0 Å². The van der Waals surface area contributed by atoms with Crippen molar-refractivity contribution in [2.45, 2.75) is 6.04 Å². The molecule has 0 bridgehead atoms. The van der Waals surface area contributed by atoms with Gasteiger partial charge in [0.2, 0.25) is 0 Å². The van der Waals surface area contributed by atoms with Crippen molar-refractivity contribution in [2.75, 3.05) is 0 Å². The smallest absolute Gasteiger partial charge is 0.326 e. The maximum absolute atomic E-state index is 10.4. The van der Waals surface area contributed by atoms with E-state index >= 15 is 0 Å². The van der Waals surface area contributed by atoms with Crippen LogP contribution in [-0.2, 0) is 4.79 Å². The first-order valence-corrected chi connectivity index (χ1v) is 4.51. The fourth-order valence-corrected chi connectivity index (χ4v) is 2.25. The van der Waals surface area contributed by atoms with Crippen molar-refractivity contribution in [2.24, 2.45) is 5.73 Å². The number of rotatable bonds is 2. The lowest BCUT2D eigenvalue weighted by atomic mass is 10.3. The zero-order valence-electron chi connectivity index (χ0n) is 5.45. The van der Waals surface area contributed by atoms with E-state index in [0.717, 1.165) is 4.47 Å². The van der Waals surface area contributed by atoms with Gasteiger partial charge >= 0.3 is 5.97 Å². The van der Waals surface area contributed by atoms with Gasteiger partial charge < -0.3 is 10.8 Å². The number of hydrogen-bond acceptors (Lipinski definition) is 3. The summed E-state index contributed by atoms with van der Waals surface area (Å²) < 4.78 is 0.761. The predicted octanol–water partition coefficient (Wildman–Crippen LogP) is 1.60. The third-order valence-electron chi connectivity index (χ3n) is 1.19. The molecule has 0 spiro atoms. The molecule has 1 aromatic rings. The van der Waals surface area contributed by atoms with Crippen molar-refractivity contribution >= 4 is 33.2 Å². The van der Waals surface area contributed by atoms with Gasteiger partial charge in [-0.1, -0.05) is 0 Å². The molecule has 1 aromatic heterocycles. The Balaban J connectivity index is 2.92. The first-order valence-electron chi connectivity index (χ1n) is 2.84. The second kappa shape index (κ2) is 3.34. The number of nitrogens with two attached hydrogens (primary N) is 1. The van der Waals surface area contributed by atoms with Crippen LogP contribution >= 0.6 is 27.3 Å². The van der Waals surface area contributed by atoms with Crippen LogP contribution in [0.15, 0.2) is 15.9 Å². The van der Waals surface area contributed by atoms with Crippen molar-refractivity contribution in [1.82, 2.24) is 0 Å².